The molecule has 0 aromatic heterocycles. The van der Waals surface area contributed by atoms with E-state index in [1.807, 2.05) is 37.3 Å². The Kier molecular flexibility index (Phi) is 7.72. The van der Waals surface area contributed by atoms with E-state index in [1.165, 1.54) is 22.0 Å². The van der Waals surface area contributed by atoms with E-state index in [2.05, 4.69) is 10.4 Å². The average Bonchev–Trinajstić information content (AvgIpc) is 3.23. The molecule has 8 heteroatoms. The zero-order valence-electron chi connectivity index (χ0n) is 17.8. The van der Waals surface area contributed by atoms with Gasteiger partial charge >= 0.3 is 6.03 Å². The second-order valence-electron chi connectivity index (χ2n) is 7.17. The van der Waals surface area contributed by atoms with Gasteiger partial charge < -0.3 is 15.0 Å². The molecule has 0 fully saturated rings. The van der Waals surface area contributed by atoms with Gasteiger partial charge in [-0.05, 0) is 30.2 Å². The molecule has 0 aliphatic carbocycles. The fraction of sp³-hybridized carbons (Fsp3) is 0.348. The molecule has 0 unspecified atom stereocenters. The molecular weight excluding hydrogens is 399 g/mol. The minimum atomic E-state index is -0.328. The molecular formula is C23H27FN4O3. The number of rotatable bonds is 8. The van der Waals surface area contributed by atoms with Gasteiger partial charge in [-0.25, -0.2) is 14.2 Å². The number of carbonyl (C=O) groups is 2. The fourth-order valence-corrected chi connectivity index (χ4v) is 3.44. The summed E-state index contributed by atoms with van der Waals surface area (Å²) in [6.45, 7) is 2.75. The van der Waals surface area contributed by atoms with E-state index in [0.29, 0.717) is 25.3 Å². The number of carbonyl (C=O) groups excluding carboxylic acids is 2. The lowest BCUT2D eigenvalue weighted by molar-refractivity contribution is -0.133. The Morgan fingerprint density at radius 3 is 2.55 bits per heavy atom. The van der Waals surface area contributed by atoms with Gasteiger partial charge in [0.1, 0.15) is 12.4 Å². The van der Waals surface area contributed by atoms with Crippen molar-refractivity contribution in [3.05, 3.63) is 71.5 Å². The maximum absolute atomic E-state index is 13.3. The number of nitrogens with zero attached hydrogens (tertiary/aromatic N) is 3. The lowest BCUT2D eigenvalue weighted by Gasteiger charge is -2.27. The zero-order chi connectivity index (χ0) is 22.2. The summed E-state index contributed by atoms with van der Waals surface area (Å²) in [5.41, 5.74) is 2.40. The molecule has 164 valence electrons. The van der Waals surface area contributed by atoms with Crippen LogP contribution < -0.4 is 5.32 Å². The Balaban J connectivity index is 1.86. The summed E-state index contributed by atoms with van der Waals surface area (Å²) >= 11 is 0. The second kappa shape index (κ2) is 10.7. The standard InChI is InChI=1S/C23H27FN4O3/c1-3-25-23(30)27(13-14-31-2)16-22(29)28-21(18-7-5-4-6-8-18)15-20(26-28)17-9-11-19(24)12-10-17/h4-12,21H,3,13-16H2,1-2H3,(H,25,30)/t21-/m1/s1. The molecule has 0 saturated carbocycles. The summed E-state index contributed by atoms with van der Waals surface area (Å²) < 4.78 is 18.4. The van der Waals surface area contributed by atoms with E-state index in [-0.39, 0.29) is 36.9 Å². The van der Waals surface area contributed by atoms with Crippen LogP contribution in [0.2, 0.25) is 0 Å². The molecule has 3 rings (SSSR count). The first-order valence-corrected chi connectivity index (χ1v) is 10.3. The molecule has 31 heavy (non-hydrogen) atoms. The molecule has 2 aromatic carbocycles. The van der Waals surface area contributed by atoms with Crippen molar-refractivity contribution in [3.8, 4) is 0 Å². The summed E-state index contributed by atoms with van der Waals surface area (Å²) in [6, 6.07) is 15.1. The highest BCUT2D eigenvalue weighted by Gasteiger charge is 2.34. The topological polar surface area (TPSA) is 74.2 Å². The van der Waals surface area contributed by atoms with Crippen molar-refractivity contribution in [1.29, 1.82) is 0 Å². The summed E-state index contributed by atoms with van der Waals surface area (Å²) in [5, 5.41) is 8.73. The minimum absolute atomic E-state index is 0.126. The maximum atomic E-state index is 13.3. The first kappa shape index (κ1) is 22.4. The number of hydrogen-bond donors (Lipinski definition) is 1. The summed E-state index contributed by atoms with van der Waals surface area (Å²) in [4.78, 5) is 27.0. The maximum Gasteiger partial charge on any atom is 0.317 e. The van der Waals surface area contributed by atoms with Crippen molar-refractivity contribution in [3.63, 3.8) is 0 Å². The van der Waals surface area contributed by atoms with E-state index in [0.717, 1.165) is 11.1 Å². The molecule has 0 spiro atoms. The molecule has 0 radical (unpaired) electrons. The van der Waals surface area contributed by atoms with Crippen LogP contribution in [0.15, 0.2) is 59.7 Å². The van der Waals surface area contributed by atoms with E-state index in [1.54, 1.807) is 19.2 Å². The van der Waals surface area contributed by atoms with E-state index < -0.39 is 0 Å². The van der Waals surface area contributed by atoms with Gasteiger partial charge in [-0.3, -0.25) is 4.79 Å². The van der Waals surface area contributed by atoms with Gasteiger partial charge in [0.05, 0.1) is 18.4 Å². The molecule has 0 saturated heterocycles. The third kappa shape index (κ3) is 5.67. The number of hydrazone groups is 1. The molecule has 1 N–H and O–H groups in total. The van der Waals surface area contributed by atoms with E-state index >= 15 is 0 Å². The van der Waals surface area contributed by atoms with Crippen molar-refractivity contribution >= 4 is 17.6 Å². The third-order valence-corrected chi connectivity index (χ3v) is 5.03. The molecule has 1 atom stereocenters. The number of amides is 3. The number of benzene rings is 2. The van der Waals surface area contributed by atoms with Crippen LogP contribution in [0.1, 0.15) is 30.5 Å². The van der Waals surface area contributed by atoms with Crippen LogP contribution in [0.4, 0.5) is 9.18 Å². The van der Waals surface area contributed by atoms with Crippen LogP contribution in [-0.2, 0) is 9.53 Å². The quantitative estimate of drug-likeness (QED) is 0.705. The monoisotopic (exact) mass is 426 g/mol. The number of nitrogens with one attached hydrogen (secondary N) is 1. The van der Waals surface area contributed by atoms with Gasteiger partial charge in [-0.1, -0.05) is 42.5 Å². The highest BCUT2D eigenvalue weighted by molar-refractivity contribution is 6.03. The number of halogens is 1. The fourth-order valence-electron chi connectivity index (χ4n) is 3.44. The van der Waals surface area contributed by atoms with Gasteiger partial charge in [0, 0.05) is 26.6 Å². The number of ether oxygens (including phenoxy) is 1. The number of urea groups is 1. The van der Waals surface area contributed by atoms with Crippen LogP contribution in [0.5, 0.6) is 0 Å². The Morgan fingerprint density at radius 1 is 1.19 bits per heavy atom. The Bertz CT molecular complexity index is 918. The minimum Gasteiger partial charge on any atom is -0.383 e. The third-order valence-electron chi connectivity index (χ3n) is 5.03. The Morgan fingerprint density at radius 2 is 1.90 bits per heavy atom. The van der Waals surface area contributed by atoms with Gasteiger partial charge in [-0.15, -0.1) is 0 Å². The first-order chi connectivity index (χ1) is 15.0. The lowest BCUT2D eigenvalue weighted by atomic mass is 9.98. The molecule has 1 heterocycles. The van der Waals surface area contributed by atoms with Crippen LogP contribution in [0, 0.1) is 5.82 Å². The van der Waals surface area contributed by atoms with E-state index in [9.17, 15) is 14.0 Å². The van der Waals surface area contributed by atoms with Crippen LogP contribution in [0.25, 0.3) is 0 Å². The second-order valence-corrected chi connectivity index (χ2v) is 7.17. The van der Waals surface area contributed by atoms with Crippen molar-refractivity contribution in [2.45, 2.75) is 19.4 Å². The van der Waals surface area contributed by atoms with Crippen LogP contribution >= 0.6 is 0 Å². The highest BCUT2D eigenvalue weighted by Crippen LogP contribution is 2.32. The highest BCUT2D eigenvalue weighted by atomic mass is 19.1. The van der Waals surface area contributed by atoms with Gasteiger partial charge in [0.15, 0.2) is 0 Å². The summed E-state index contributed by atoms with van der Waals surface area (Å²) in [6.07, 6.45) is 0.501. The van der Waals surface area contributed by atoms with Gasteiger partial charge in [0.2, 0.25) is 0 Å². The Hall–Kier alpha value is -3.26. The molecule has 1 aliphatic rings. The van der Waals surface area contributed by atoms with Crippen molar-refractivity contribution in [2.24, 2.45) is 5.10 Å². The summed E-state index contributed by atoms with van der Waals surface area (Å²) in [7, 11) is 1.54. The average molecular weight is 426 g/mol. The Labute approximate surface area is 181 Å². The molecule has 1 aliphatic heterocycles. The zero-order valence-corrected chi connectivity index (χ0v) is 17.8. The van der Waals surface area contributed by atoms with Crippen molar-refractivity contribution < 1.29 is 18.7 Å². The predicted octanol–water partition coefficient (Wildman–Crippen LogP) is 3.18. The van der Waals surface area contributed by atoms with Crippen molar-refractivity contribution in [2.75, 3.05) is 33.4 Å². The molecule has 2 aromatic rings. The largest absolute Gasteiger partial charge is 0.383 e. The van der Waals surface area contributed by atoms with Crippen molar-refractivity contribution in [1.82, 2.24) is 15.2 Å². The van der Waals surface area contributed by atoms with Gasteiger partial charge in [-0.2, -0.15) is 5.10 Å². The molecule has 3 amide bonds. The van der Waals surface area contributed by atoms with Gasteiger partial charge in [0.25, 0.3) is 5.91 Å². The van der Waals surface area contributed by atoms with Crippen LogP contribution in [0.3, 0.4) is 0 Å². The molecule has 7 nitrogen and oxygen atoms in total. The lowest BCUT2D eigenvalue weighted by Crippen LogP contribution is -2.47. The number of hydrogen-bond acceptors (Lipinski definition) is 4. The predicted molar refractivity (Wildman–Crippen MR) is 116 cm³/mol. The molecule has 0 bridgehead atoms. The SMILES string of the molecule is CCNC(=O)N(CCOC)CC(=O)N1N=C(c2ccc(F)cc2)C[C@@H]1c1ccccc1. The number of methoxy groups -OCH3 is 1. The summed E-state index contributed by atoms with van der Waals surface area (Å²) in [5.74, 6) is -0.626. The normalized spacial score (nSPS) is 15.5. The van der Waals surface area contributed by atoms with Crippen LogP contribution in [-0.4, -0.2) is 60.9 Å². The first-order valence-electron chi connectivity index (χ1n) is 10.3. The van der Waals surface area contributed by atoms with E-state index in [4.69, 9.17) is 4.74 Å². The smallest absolute Gasteiger partial charge is 0.317 e.